The number of aromatic nitrogens is 1. The lowest BCUT2D eigenvalue weighted by Crippen LogP contribution is -2.49. The largest absolute Gasteiger partial charge is 0.368 e. The number of piperazine rings is 1. The number of hydrogen-bond acceptors (Lipinski definition) is 4. The van der Waals surface area contributed by atoms with Crippen LogP contribution in [0.1, 0.15) is 41.2 Å². The van der Waals surface area contributed by atoms with Crippen molar-refractivity contribution < 1.29 is 9.59 Å². The number of rotatable bonds is 6. The highest BCUT2D eigenvalue weighted by Crippen LogP contribution is 2.16. The predicted molar refractivity (Wildman–Crippen MR) is 111 cm³/mol. The highest BCUT2D eigenvalue weighted by atomic mass is 16.2. The van der Waals surface area contributed by atoms with Crippen molar-refractivity contribution in [2.45, 2.75) is 20.3 Å². The van der Waals surface area contributed by atoms with Crippen molar-refractivity contribution in [1.29, 1.82) is 0 Å². The van der Waals surface area contributed by atoms with Crippen LogP contribution in [0.4, 0.5) is 5.69 Å². The van der Waals surface area contributed by atoms with E-state index in [1.165, 1.54) is 5.69 Å². The maximum Gasteiger partial charge on any atom is 0.272 e. The summed E-state index contributed by atoms with van der Waals surface area (Å²) in [5.41, 5.74) is 1.79. The number of anilines is 1. The van der Waals surface area contributed by atoms with Crippen molar-refractivity contribution in [3.05, 3.63) is 59.9 Å². The van der Waals surface area contributed by atoms with E-state index in [1.807, 2.05) is 23.1 Å². The Morgan fingerprint density at radius 2 is 1.64 bits per heavy atom. The zero-order valence-electron chi connectivity index (χ0n) is 16.6. The molecule has 148 valence electrons. The summed E-state index contributed by atoms with van der Waals surface area (Å²) in [5, 5.41) is 2.87. The molecule has 2 aromatic rings. The standard InChI is InChI=1S/C22H28N4O2/c1-17(2)11-12-23-21(27)19-9-6-10-20(24-19)22(28)26-15-13-25(14-16-26)18-7-4-3-5-8-18/h3-10,17H,11-16H2,1-2H3,(H,23,27). The van der Waals surface area contributed by atoms with Gasteiger partial charge in [-0.1, -0.05) is 38.1 Å². The Morgan fingerprint density at radius 1 is 0.964 bits per heavy atom. The Balaban J connectivity index is 1.58. The minimum absolute atomic E-state index is 0.121. The number of carbonyl (C=O) groups is 2. The van der Waals surface area contributed by atoms with Crippen molar-refractivity contribution in [2.24, 2.45) is 5.92 Å². The van der Waals surface area contributed by atoms with E-state index in [9.17, 15) is 9.59 Å². The second kappa shape index (κ2) is 9.35. The molecule has 1 aromatic carbocycles. The van der Waals surface area contributed by atoms with E-state index >= 15 is 0 Å². The first-order valence-electron chi connectivity index (χ1n) is 9.89. The van der Waals surface area contributed by atoms with Crippen molar-refractivity contribution >= 4 is 17.5 Å². The molecule has 28 heavy (non-hydrogen) atoms. The highest BCUT2D eigenvalue weighted by Gasteiger charge is 2.23. The van der Waals surface area contributed by atoms with Gasteiger partial charge in [-0.25, -0.2) is 4.98 Å². The van der Waals surface area contributed by atoms with E-state index in [-0.39, 0.29) is 17.5 Å². The minimum atomic E-state index is -0.232. The van der Waals surface area contributed by atoms with Gasteiger partial charge in [0.1, 0.15) is 11.4 Å². The smallest absolute Gasteiger partial charge is 0.272 e. The van der Waals surface area contributed by atoms with Gasteiger partial charge in [0.15, 0.2) is 0 Å². The first-order chi connectivity index (χ1) is 13.5. The van der Waals surface area contributed by atoms with Gasteiger partial charge < -0.3 is 15.1 Å². The summed E-state index contributed by atoms with van der Waals surface area (Å²) in [4.78, 5) is 33.5. The van der Waals surface area contributed by atoms with E-state index in [2.05, 4.69) is 41.2 Å². The molecule has 2 amide bonds. The van der Waals surface area contributed by atoms with Crippen molar-refractivity contribution in [3.8, 4) is 0 Å². The Kier molecular flexibility index (Phi) is 6.63. The van der Waals surface area contributed by atoms with Gasteiger partial charge in [0.05, 0.1) is 0 Å². The molecule has 3 rings (SSSR count). The monoisotopic (exact) mass is 380 g/mol. The lowest BCUT2D eigenvalue weighted by atomic mass is 10.1. The lowest BCUT2D eigenvalue weighted by Gasteiger charge is -2.36. The number of carbonyl (C=O) groups excluding carboxylic acids is 2. The van der Waals surface area contributed by atoms with Crippen LogP contribution in [0.25, 0.3) is 0 Å². The third kappa shape index (κ3) is 5.09. The number of pyridine rings is 1. The van der Waals surface area contributed by atoms with Gasteiger partial charge in [-0.2, -0.15) is 0 Å². The SMILES string of the molecule is CC(C)CCNC(=O)c1cccc(C(=O)N2CCN(c3ccccc3)CC2)n1. The summed E-state index contributed by atoms with van der Waals surface area (Å²) in [5.74, 6) is 0.171. The van der Waals surface area contributed by atoms with Crippen LogP contribution in [0.3, 0.4) is 0 Å². The molecule has 0 atom stereocenters. The second-order valence-electron chi connectivity index (χ2n) is 7.46. The fraction of sp³-hybridized carbons (Fsp3) is 0.409. The summed E-state index contributed by atoms with van der Waals surface area (Å²) in [7, 11) is 0. The minimum Gasteiger partial charge on any atom is -0.368 e. The molecule has 2 heterocycles. The van der Waals surface area contributed by atoms with Gasteiger partial charge in [0.2, 0.25) is 0 Å². The van der Waals surface area contributed by atoms with Gasteiger partial charge in [0, 0.05) is 38.4 Å². The van der Waals surface area contributed by atoms with Gasteiger partial charge in [-0.3, -0.25) is 9.59 Å². The quantitative estimate of drug-likeness (QED) is 0.837. The molecule has 6 nitrogen and oxygen atoms in total. The maximum atomic E-state index is 12.8. The molecule has 1 fully saturated rings. The number of nitrogens with one attached hydrogen (secondary N) is 1. The molecule has 0 bridgehead atoms. The molecule has 1 aromatic heterocycles. The van der Waals surface area contributed by atoms with E-state index in [4.69, 9.17) is 0 Å². The molecule has 1 N–H and O–H groups in total. The van der Waals surface area contributed by atoms with Crippen LogP contribution in [-0.4, -0.2) is 54.4 Å². The van der Waals surface area contributed by atoms with Crippen LogP contribution in [0.5, 0.6) is 0 Å². The van der Waals surface area contributed by atoms with Gasteiger partial charge in [-0.15, -0.1) is 0 Å². The highest BCUT2D eigenvalue weighted by molar-refractivity contribution is 5.96. The van der Waals surface area contributed by atoms with Crippen molar-refractivity contribution in [2.75, 3.05) is 37.6 Å². The summed E-state index contributed by atoms with van der Waals surface area (Å²) in [6, 6.07) is 15.3. The Morgan fingerprint density at radius 3 is 2.32 bits per heavy atom. The summed E-state index contributed by atoms with van der Waals surface area (Å²) >= 11 is 0. The fourth-order valence-electron chi connectivity index (χ4n) is 3.21. The first kappa shape index (κ1) is 19.9. The maximum absolute atomic E-state index is 12.8. The van der Waals surface area contributed by atoms with Crippen LogP contribution in [0.15, 0.2) is 48.5 Å². The normalized spacial score (nSPS) is 14.2. The van der Waals surface area contributed by atoms with Gasteiger partial charge >= 0.3 is 0 Å². The summed E-state index contributed by atoms with van der Waals surface area (Å²) in [6.45, 7) is 7.68. The predicted octanol–water partition coefficient (Wildman–Crippen LogP) is 2.82. The topological polar surface area (TPSA) is 65.5 Å². The fourth-order valence-corrected chi connectivity index (χ4v) is 3.21. The van der Waals surface area contributed by atoms with Crippen LogP contribution in [-0.2, 0) is 0 Å². The van der Waals surface area contributed by atoms with E-state index in [0.29, 0.717) is 31.2 Å². The Bertz CT molecular complexity index is 799. The Hall–Kier alpha value is -2.89. The molecule has 0 spiro atoms. The van der Waals surface area contributed by atoms with Gasteiger partial charge in [-0.05, 0) is 36.6 Å². The molecule has 1 saturated heterocycles. The van der Waals surface area contributed by atoms with Crippen LogP contribution in [0, 0.1) is 5.92 Å². The number of benzene rings is 1. The zero-order chi connectivity index (χ0) is 19.9. The number of para-hydroxylation sites is 1. The Labute approximate surface area is 166 Å². The van der Waals surface area contributed by atoms with E-state index < -0.39 is 0 Å². The molecule has 0 unspecified atom stereocenters. The average molecular weight is 380 g/mol. The number of hydrogen-bond donors (Lipinski definition) is 1. The number of amides is 2. The molecule has 6 heteroatoms. The molecule has 1 aliphatic heterocycles. The molecule has 0 radical (unpaired) electrons. The van der Waals surface area contributed by atoms with Crippen LogP contribution in [0.2, 0.25) is 0 Å². The molecule has 0 saturated carbocycles. The van der Waals surface area contributed by atoms with Crippen LogP contribution >= 0.6 is 0 Å². The third-order valence-corrected chi connectivity index (χ3v) is 4.90. The van der Waals surface area contributed by atoms with Gasteiger partial charge in [0.25, 0.3) is 11.8 Å². The molecule has 0 aliphatic carbocycles. The zero-order valence-corrected chi connectivity index (χ0v) is 16.6. The first-order valence-corrected chi connectivity index (χ1v) is 9.89. The molecular formula is C22H28N4O2. The van der Waals surface area contributed by atoms with Crippen LogP contribution < -0.4 is 10.2 Å². The van der Waals surface area contributed by atoms with Crippen molar-refractivity contribution in [1.82, 2.24) is 15.2 Å². The second-order valence-corrected chi connectivity index (χ2v) is 7.46. The van der Waals surface area contributed by atoms with E-state index in [1.54, 1.807) is 18.2 Å². The molecule has 1 aliphatic rings. The summed E-state index contributed by atoms with van der Waals surface area (Å²) in [6.07, 6.45) is 0.913. The number of nitrogens with zero attached hydrogens (tertiary/aromatic N) is 3. The summed E-state index contributed by atoms with van der Waals surface area (Å²) < 4.78 is 0. The average Bonchev–Trinajstić information content (AvgIpc) is 2.74. The molecular weight excluding hydrogens is 352 g/mol. The van der Waals surface area contributed by atoms with Crippen molar-refractivity contribution in [3.63, 3.8) is 0 Å². The third-order valence-electron chi connectivity index (χ3n) is 4.90. The van der Waals surface area contributed by atoms with E-state index in [0.717, 1.165) is 19.5 Å². The lowest BCUT2D eigenvalue weighted by molar-refractivity contribution is 0.0740.